The fourth-order valence-corrected chi connectivity index (χ4v) is 3.77. The molecule has 5 heteroatoms. The molecule has 0 aliphatic carbocycles. The summed E-state index contributed by atoms with van der Waals surface area (Å²) in [5.74, 6) is -2.03. The molecule has 3 N–H and O–H groups in total. The van der Waals surface area contributed by atoms with Gasteiger partial charge in [0, 0.05) is 11.1 Å². The maximum atomic E-state index is 10.8. The molecule has 0 unspecified atom stereocenters. The van der Waals surface area contributed by atoms with Crippen LogP contribution < -0.4 is 0 Å². The van der Waals surface area contributed by atoms with E-state index in [0.29, 0.717) is 25.6 Å². The topological polar surface area (TPSA) is 60.7 Å². The lowest BCUT2D eigenvalue weighted by Crippen LogP contribution is -2.27. The first-order valence-corrected chi connectivity index (χ1v) is 8.78. The first-order valence-electron chi connectivity index (χ1n) is 7.19. The number of aliphatic hydroxyl groups is 2. The first kappa shape index (κ1) is 17.2. The van der Waals surface area contributed by atoms with E-state index in [2.05, 4.69) is 31.9 Å². The van der Waals surface area contributed by atoms with Gasteiger partial charge in [0.1, 0.15) is 5.75 Å². The summed E-state index contributed by atoms with van der Waals surface area (Å²) in [6, 6.07) is 19.2. The van der Waals surface area contributed by atoms with E-state index in [0.717, 1.165) is 5.56 Å². The van der Waals surface area contributed by atoms with E-state index >= 15 is 0 Å². The van der Waals surface area contributed by atoms with Crippen LogP contribution in [0.1, 0.15) is 11.1 Å². The molecule has 0 aliphatic rings. The van der Waals surface area contributed by atoms with E-state index in [-0.39, 0.29) is 5.75 Å². The summed E-state index contributed by atoms with van der Waals surface area (Å²) in [5.41, 5.74) is 2.15. The zero-order valence-corrected chi connectivity index (χ0v) is 15.6. The van der Waals surface area contributed by atoms with Gasteiger partial charge in [0.2, 0.25) is 5.79 Å². The van der Waals surface area contributed by atoms with E-state index in [1.165, 1.54) is 0 Å². The van der Waals surface area contributed by atoms with Crippen molar-refractivity contribution in [2.75, 3.05) is 0 Å². The Hall–Kier alpha value is -1.66. The normalized spacial score (nSPS) is 11.5. The molecule has 122 valence electrons. The van der Waals surface area contributed by atoms with Crippen LogP contribution in [0.3, 0.4) is 0 Å². The Morgan fingerprint density at radius 3 is 1.92 bits per heavy atom. The average molecular weight is 450 g/mol. The summed E-state index contributed by atoms with van der Waals surface area (Å²) in [6.07, 6.45) is 0. The van der Waals surface area contributed by atoms with Crippen LogP contribution in [0.4, 0.5) is 0 Å². The maximum Gasteiger partial charge on any atom is 0.217 e. The Labute approximate surface area is 156 Å². The van der Waals surface area contributed by atoms with Crippen LogP contribution in [0.2, 0.25) is 0 Å². The van der Waals surface area contributed by atoms with Crippen molar-refractivity contribution in [1.29, 1.82) is 0 Å². The molecule has 0 radical (unpaired) electrons. The summed E-state index contributed by atoms with van der Waals surface area (Å²) in [4.78, 5) is 0. The van der Waals surface area contributed by atoms with Crippen LogP contribution in [0.5, 0.6) is 5.75 Å². The Morgan fingerprint density at radius 2 is 1.29 bits per heavy atom. The summed E-state index contributed by atoms with van der Waals surface area (Å²) < 4.78 is 1.03. The molecule has 0 heterocycles. The minimum atomic E-state index is -2.13. The lowest BCUT2D eigenvalue weighted by molar-refractivity contribution is -0.131. The largest absolute Gasteiger partial charge is 0.506 e. The molecular weight excluding hydrogens is 436 g/mol. The second kappa shape index (κ2) is 6.69. The molecule has 3 nitrogen and oxygen atoms in total. The minimum Gasteiger partial charge on any atom is -0.506 e. The van der Waals surface area contributed by atoms with Crippen LogP contribution in [0.25, 0.3) is 11.1 Å². The zero-order valence-electron chi connectivity index (χ0n) is 12.4. The van der Waals surface area contributed by atoms with Gasteiger partial charge in [0.25, 0.3) is 0 Å². The van der Waals surface area contributed by atoms with Gasteiger partial charge < -0.3 is 15.3 Å². The minimum absolute atomic E-state index is 0.0959. The lowest BCUT2D eigenvalue weighted by Gasteiger charge is -2.25. The number of phenolic OH excluding ortho intramolecular Hbond substituents is 1. The van der Waals surface area contributed by atoms with Crippen LogP contribution >= 0.6 is 31.9 Å². The van der Waals surface area contributed by atoms with E-state index < -0.39 is 5.79 Å². The monoisotopic (exact) mass is 448 g/mol. The van der Waals surface area contributed by atoms with Crippen LogP contribution in [-0.2, 0) is 5.79 Å². The van der Waals surface area contributed by atoms with Crippen molar-refractivity contribution in [2.24, 2.45) is 0 Å². The maximum absolute atomic E-state index is 10.8. The van der Waals surface area contributed by atoms with Gasteiger partial charge in [-0.1, -0.05) is 54.6 Å². The number of halogens is 2. The third-order valence-corrected chi connectivity index (χ3v) is 5.02. The number of rotatable bonds is 3. The van der Waals surface area contributed by atoms with Crippen molar-refractivity contribution in [1.82, 2.24) is 0 Å². The molecule has 0 fully saturated rings. The molecule has 0 bridgehead atoms. The van der Waals surface area contributed by atoms with Gasteiger partial charge in [-0.25, -0.2) is 0 Å². The lowest BCUT2D eigenvalue weighted by atomic mass is 9.90. The molecule has 0 atom stereocenters. The van der Waals surface area contributed by atoms with E-state index in [1.807, 2.05) is 18.2 Å². The smallest absolute Gasteiger partial charge is 0.217 e. The third-order valence-electron chi connectivity index (χ3n) is 3.81. The van der Waals surface area contributed by atoms with Crippen molar-refractivity contribution in [3.05, 3.63) is 86.8 Å². The van der Waals surface area contributed by atoms with Gasteiger partial charge >= 0.3 is 0 Å². The standard InChI is InChI=1S/C19H14Br2O3/c20-16-10-12(11-17(21)18(16)22)14-8-4-5-9-15(14)19(23,24)13-6-2-1-3-7-13/h1-11,22-24H. The van der Waals surface area contributed by atoms with Gasteiger partial charge in [0.05, 0.1) is 8.95 Å². The molecule has 24 heavy (non-hydrogen) atoms. The molecule has 3 aromatic carbocycles. The molecule has 0 amide bonds. The first-order chi connectivity index (χ1) is 11.4. The molecule has 3 rings (SSSR count). The van der Waals surface area contributed by atoms with Crippen molar-refractivity contribution >= 4 is 31.9 Å². The Morgan fingerprint density at radius 1 is 0.750 bits per heavy atom. The molecule has 0 aromatic heterocycles. The quantitative estimate of drug-likeness (QED) is 0.504. The number of benzene rings is 3. The highest BCUT2D eigenvalue weighted by atomic mass is 79.9. The van der Waals surface area contributed by atoms with Crippen molar-refractivity contribution in [3.63, 3.8) is 0 Å². The molecule has 0 aliphatic heterocycles. The highest BCUT2D eigenvalue weighted by Gasteiger charge is 2.31. The fraction of sp³-hybridized carbons (Fsp3) is 0.0526. The number of hydrogen-bond acceptors (Lipinski definition) is 3. The Kier molecular flexibility index (Phi) is 4.78. The predicted octanol–water partition coefficient (Wildman–Crippen LogP) is 4.77. The zero-order chi connectivity index (χ0) is 17.3. The van der Waals surface area contributed by atoms with Gasteiger partial charge in [-0.2, -0.15) is 0 Å². The van der Waals surface area contributed by atoms with E-state index in [1.54, 1.807) is 48.5 Å². The molecule has 0 saturated heterocycles. The van der Waals surface area contributed by atoms with Crippen molar-refractivity contribution in [3.8, 4) is 16.9 Å². The summed E-state index contributed by atoms with van der Waals surface area (Å²) >= 11 is 6.62. The number of phenols is 1. The van der Waals surface area contributed by atoms with Crippen LogP contribution in [0, 0.1) is 0 Å². The number of aromatic hydroxyl groups is 1. The van der Waals surface area contributed by atoms with Gasteiger partial charge in [-0.05, 0) is 55.1 Å². The summed E-state index contributed by atoms with van der Waals surface area (Å²) in [5, 5.41) is 31.4. The average Bonchev–Trinajstić information content (AvgIpc) is 2.60. The van der Waals surface area contributed by atoms with Crippen LogP contribution in [-0.4, -0.2) is 15.3 Å². The number of hydrogen-bond donors (Lipinski definition) is 3. The summed E-state index contributed by atoms with van der Waals surface area (Å²) in [7, 11) is 0. The van der Waals surface area contributed by atoms with Crippen molar-refractivity contribution < 1.29 is 15.3 Å². The van der Waals surface area contributed by atoms with E-state index in [4.69, 9.17) is 0 Å². The Balaban J connectivity index is 2.19. The summed E-state index contributed by atoms with van der Waals surface area (Å²) in [6.45, 7) is 0. The van der Waals surface area contributed by atoms with Crippen LogP contribution in [0.15, 0.2) is 75.7 Å². The Bertz CT molecular complexity index is 854. The molecule has 0 spiro atoms. The molecule has 3 aromatic rings. The van der Waals surface area contributed by atoms with Gasteiger partial charge in [0.15, 0.2) is 0 Å². The molecule has 0 saturated carbocycles. The fourth-order valence-electron chi connectivity index (χ4n) is 2.59. The second-order valence-electron chi connectivity index (χ2n) is 5.37. The second-order valence-corrected chi connectivity index (χ2v) is 7.08. The third kappa shape index (κ3) is 3.13. The van der Waals surface area contributed by atoms with Gasteiger partial charge in [-0.3, -0.25) is 0 Å². The highest BCUT2D eigenvalue weighted by Crippen LogP contribution is 2.40. The SMILES string of the molecule is Oc1c(Br)cc(-c2ccccc2C(O)(O)c2ccccc2)cc1Br. The van der Waals surface area contributed by atoms with Gasteiger partial charge in [-0.15, -0.1) is 0 Å². The highest BCUT2D eigenvalue weighted by molar-refractivity contribution is 9.11. The van der Waals surface area contributed by atoms with E-state index in [9.17, 15) is 15.3 Å². The molecular formula is C19H14Br2O3. The van der Waals surface area contributed by atoms with Crippen molar-refractivity contribution in [2.45, 2.75) is 5.79 Å². The predicted molar refractivity (Wildman–Crippen MR) is 101 cm³/mol.